The third kappa shape index (κ3) is 5.37. The number of nitrogens with one attached hydrogen (secondary N) is 1. The molecule has 0 aliphatic carbocycles. The molecule has 0 rings (SSSR count). The number of alkyl carbamates (subject to hydrolysis) is 1. The number of ether oxygens (including phenoxy) is 1. The van der Waals surface area contributed by atoms with E-state index in [0.717, 1.165) is 0 Å². The van der Waals surface area contributed by atoms with Gasteiger partial charge in [0.05, 0.1) is 12.7 Å². The van der Waals surface area contributed by atoms with Crippen molar-refractivity contribution in [3.63, 3.8) is 0 Å². The fraction of sp³-hybridized carbons (Fsp3) is 0.833. The number of hydrogen-bond acceptors (Lipinski definition) is 3. The van der Waals surface area contributed by atoms with Gasteiger partial charge in [-0.2, -0.15) is 0 Å². The highest BCUT2D eigenvalue weighted by molar-refractivity contribution is 5.66. The zero-order valence-corrected chi connectivity index (χ0v) is 6.26. The summed E-state index contributed by atoms with van der Waals surface area (Å²) in [5.41, 5.74) is 0. The van der Waals surface area contributed by atoms with E-state index in [9.17, 15) is 4.79 Å². The first kappa shape index (κ1) is 9.23. The van der Waals surface area contributed by atoms with Crippen LogP contribution >= 0.6 is 0 Å². The van der Waals surface area contributed by atoms with Gasteiger partial charge in [-0.15, -0.1) is 0 Å². The van der Waals surface area contributed by atoms with Crippen molar-refractivity contribution in [3.05, 3.63) is 0 Å². The maximum atomic E-state index is 10.5. The maximum Gasteiger partial charge on any atom is 0.407 e. The first-order valence-electron chi connectivity index (χ1n) is 3.25. The van der Waals surface area contributed by atoms with Gasteiger partial charge in [0.25, 0.3) is 0 Å². The largest absolute Gasteiger partial charge is 0.450 e. The Balaban J connectivity index is 3.22. The second-order valence-corrected chi connectivity index (χ2v) is 1.95. The minimum Gasteiger partial charge on any atom is -0.450 e. The van der Waals surface area contributed by atoms with E-state index < -0.39 is 12.2 Å². The predicted octanol–water partition coefficient (Wildman–Crippen LogP) is 0.113. The normalized spacial score (nSPS) is 12.3. The Morgan fingerprint density at radius 2 is 2.40 bits per heavy atom. The third-order valence-electron chi connectivity index (χ3n) is 0.817. The molecule has 0 aromatic heterocycles. The Morgan fingerprint density at radius 3 is 2.80 bits per heavy atom. The van der Waals surface area contributed by atoms with E-state index in [1.165, 1.54) is 0 Å². The highest BCUT2D eigenvalue weighted by atomic mass is 16.5. The molecule has 0 spiro atoms. The number of carbonyl (C=O) groups excluding carboxylic acids is 1. The van der Waals surface area contributed by atoms with Crippen molar-refractivity contribution in [2.45, 2.75) is 20.0 Å². The number of hydrogen-bond donors (Lipinski definition) is 2. The Bertz CT molecular complexity index is 103. The highest BCUT2D eigenvalue weighted by Gasteiger charge is 2.00. The van der Waals surface area contributed by atoms with E-state index in [0.29, 0.717) is 6.61 Å². The molecule has 0 saturated heterocycles. The lowest BCUT2D eigenvalue weighted by Crippen LogP contribution is -2.30. The van der Waals surface area contributed by atoms with Crippen LogP contribution in [0.25, 0.3) is 0 Å². The first-order valence-corrected chi connectivity index (χ1v) is 3.25. The molecule has 0 heterocycles. The molecule has 0 aliphatic heterocycles. The van der Waals surface area contributed by atoms with Crippen LogP contribution in [0.15, 0.2) is 0 Å². The zero-order valence-electron chi connectivity index (χ0n) is 6.26. The van der Waals surface area contributed by atoms with Gasteiger partial charge >= 0.3 is 6.09 Å². The number of rotatable bonds is 3. The molecular formula is C6H13NO3. The van der Waals surface area contributed by atoms with Gasteiger partial charge in [-0.25, -0.2) is 4.79 Å². The van der Waals surface area contributed by atoms with E-state index >= 15 is 0 Å². The molecule has 0 aromatic rings. The smallest absolute Gasteiger partial charge is 0.407 e. The van der Waals surface area contributed by atoms with Gasteiger partial charge < -0.3 is 15.2 Å². The minimum absolute atomic E-state index is 0.235. The molecule has 0 radical (unpaired) electrons. The fourth-order valence-electron chi connectivity index (χ4n) is 0.413. The average molecular weight is 147 g/mol. The minimum atomic E-state index is -0.524. The van der Waals surface area contributed by atoms with Crippen molar-refractivity contribution in [3.8, 4) is 0 Å². The summed E-state index contributed by atoms with van der Waals surface area (Å²) in [7, 11) is 0. The molecule has 60 valence electrons. The number of carbonyl (C=O) groups is 1. The van der Waals surface area contributed by atoms with Crippen molar-refractivity contribution >= 4 is 6.09 Å². The molecule has 2 N–H and O–H groups in total. The number of aliphatic hydroxyl groups is 1. The monoisotopic (exact) mass is 147 g/mol. The molecule has 4 nitrogen and oxygen atoms in total. The maximum absolute atomic E-state index is 10.5. The number of amides is 1. The molecular weight excluding hydrogens is 134 g/mol. The predicted molar refractivity (Wildman–Crippen MR) is 36.7 cm³/mol. The van der Waals surface area contributed by atoms with Gasteiger partial charge in [0.1, 0.15) is 0 Å². The second kappa shape index (κ2) is 5.05. The van der Waals surface area contributed by atoms with Crippen molar-refractivity contribution < 1.29 is 14.6 Å². The van der Waals surface area contributed by atoms with Crippen LogP contribution in [0, 0.1) is 0 Å². The van der Waals surface area contributed by atoms with Crippen molar-refractivity contribution in [2.24, 2.45) is 0 Å². The summed E-state index contributed by atoms with van der Waals surface area (Å²) >= 11 is 0. The van der Waals surface area contributed by atoms with Crippen LogP contribution in [0.5, 0.6) is 0 Å². The Labute approximate surface area is 60.2 Å². The molecule has 0 aromatic carbocycles. The van der Waals surface area contributed by atoms with Crippen LogP contribution in [0.1, 0.15) is 13.8 Å². The topological polar surface area (TPSA) is 58.6 Å². The van der Waals surface area contributed by atoms with Gasteiger partial charge in [-0.3, -0.25) is 0 Å². The molecule has 0 unspecified atom stereocenters. The lowest BCUT2D eigenvalue weighted by molar-refractivity contribution is 0.139. The summed E-state index contributed by atoms with van der Waals surface area (Å²) in [6.07, 6.45) is -1.01. The van der Waals surface area contributed by atoms with Crippen molar-refractivity contribution in [1.29, 1.82) is 0 Å². The third-order valence-corrected chi connectivity index (χ3v) is 0.817. The van der Waals surface area contributed by atoms with E-state index in [1.807, 2.05) is 0 Å². The zero-order chi connectivity index (χ0) is 7.98. The molecule has 1 atom stereocenters. The van der Waals surface area contributed by atoms with Crippen molar-refractivity contribution in [1.82, 2.24) is 5.32 Å². The summed E-state index contributed by atoms with van der Waals surface area (Å²) in [6.45, 7) is 3.90. The standard InChI is InChI=1S/C6H13NO3/c1-3-10-6(9)7-4-5(2)8/h5,8H,3-4H2,1-2H3,(H,7,9)/t5-/m0/s1. The van der Waals surface area contributed by atoms with E-state index in [4.69, 9.17) is 5.11 Å². The van der Waals surface area contributed by atoms with Crippen LogP contribution in [0.3, 0.4) is 0 Å². The van der Waals surface area contributed by atoms with Crippen LogP contribution < -0.4 is 5.32 Å². The molecule has 0 saturated carbocycles. The number of aliphatic hydroxyl groups excluding tert-OH is 1. The average Bonchev–Trinajstić information content (AvgIpc) is 1.85. The van der Waals surface area contributed by atoms with E-state index in [2.05, 4.69) is 10.1 Å². The van der Waals surface area contributed by atoms with Gasteiger partial charge in [0.15, 0.2) is 0 Å². The summed E-state index contributed by atoms with van der Waals surface area (Å²) in [6, 6.07) is 0. The van der Waals surface area contributed by atoms with Crippen molar-refractivity contribution in [2.75, 3.05) is 13.2 Å². The summed E-state index contributed by atoms with van der Waals surface area (Å²) in [5, 5.41) is 11.1. The second-order valence-electron chi connectivity index (χ2n) is 1.95. The molecule has 4 heteroatoms. The Hall–Kier alpha value is -0.770. The summed E-state index contributed by atoms with van der Waals surface area (Å²) in [4.78, 5) is 10.5. The molecule has 1 amide bonds. The lowest BCUT2D eigenvalue weighted by atomic mass is 10.4. The van der Waals surface area contributed by atoms with Crippen LogP contribution in [-0.2, 0) is 4.74 Å². The van der Waals surface area contributed by atoms with Crippen LogP contribution in [-0.4, -0.2) is 30.5 Å². The fourth-order valence-corrected chi connectivity index (χ4v) is 0.413. The van der Waals surface area contributed by atoms with Gasteiger partial charge in [0, 0.05) is 6.54 Å². The SMILES string of the molecule is CCOC(=O)NC[C@H](C)O. The summed E-state index contributed by atoms with van der Waals surface area (Å²) in [5.74, 6) is 0. The molecule has 0 aliphatic rings. The van der Waals surface area contributed by atoms with Crippen LogP contribution in [0.2, 0.25) is 0 Å². The van der Waals surface area contributed by atoms with E-state index in [-0.39, 0.29) is 6.54 Å². The molecule has 0 bridgehead atoms. The van der Waals surface area contributed by atoms with E-state index in [1.54, 1.807) is 13.8 Å². The van der Waals surface area contributed by atoms with Gasteiger partial charge in [-0.1, -0.05) is 0 Å². The van der Waals surface area contributed by atoms with Crippen LogP contribution in [0.4, 0.5) is 4.79 Å². The quantitative estimate of drug-likeness (QED) is 0.595. The Kier molecular flexibility index (Phi) is 4.66. The molecule has 0 fully saturated rings. The van der Waals surface area contributed by atoms with Gasteiger partial charge in [-0.05, 0) is 13.8 Å². The Morgan fingerprint density at radius 1 is 1.80 bits per heavy atom. The summed E-state index contributed by atoms with van der Waals surface area (Å²) < 4.78 is 4.53. The van der Waals surface area contributed by atoms with Gasteiger partial charge in [0.2, 0.25) is 0 Å². The molecule has 10 heavy (non-hydrogen) atoms. The lowest BCUT2D eigenvalue weighted by Gasteiger charge is -2.05. The highest BCUT2D eigenvalue weighted by Crippen LogP contribution is 1.78. The first-order chi connectivity index (χ1) is 4.66.